The summed E-state index contributed by atoms with van der Waals surface area (Å²) in [4.78, 5) is 77.8. The molecule has 18 nitrogen and oxygen atoms in total. The summed E-state index contributed by atoms with van der Waals surface area (Å²) < 4.78 is 24.1. The first-order valence-corrected chi connectivity index (χ1v) is 46.0. The second kappa shape index (κ2) is 47.8. The van der Waals surface area contributed by atoms with Gasteiger partial charge in [0.05, 0.1) is 31.2 Å². The third-order valence-electron chi connectivity index (χ3n) is 13.1. The molecule has 0 radical (unpaired) electrons. The van der Waals surface area contributed by atoms with Crippen LogP contribution >= 0.6 is 98.4 Å². The molecule has 0 unspecified atom stereocenters. The Morgan fingerprint density at radius 2 is 1.04 bits per heavy atom. The largest absolute Gasteiger partial charge is 0 e. The zero-order chi connectivity index (χ0) is 61.9. The fourth-order valence-electron chi connectivity index (χ4n) is 8.99. The summed E-state index contributed by atoms with van der Waals surface area (Å²) in [5.41, 5.74) is 10.6. The molecule has 25 heteroatoms. The summed E-state index contributed by atoms with van der Waals surface area (Å²) in [6.07, 6.45) is 19.8. The molecule has 2 aromatic heterocycles. The van der Waals surface area contributed by atoms with Gasteiger partial charge in [-0.25, -0.2) is 19.9 Å². The molecule has 82 heavy (non-hydrogen) atoms. The van der Waals surface area contributed by atoms with Crippen LogP contribution in [0.1, 0.15) is 187 Å². The fourth-order valence-corrected chi connectivity index (χ4v) is 8.99. The van der Waals surface area contributed by atoms with E-state index in [-0.39, 0.29) is 110 Å². The van der Waals surface area contributed by atoms with E-state index in [1.54, 1.807) is 35.0 Å². The number of rotatable bonds is 13. The van der Waals surface area contributed by atoms with Crippen molar-refractivity contribution >= 4 is 134 Å². The predicted molar refractivity (Wildman–Crippen MR) is 364 cm³/mol. The Morgan fingerprint density at radius 1 is 0.659 bits per heavy atom. The van der Waals surface area contributed by atoms with Crippen LogP contribution in [0.2, 0.25) is 0 Å². The number of ketones is 2. The molecule has 2 saturated carbocycles. The summed E-state index contributed by atoms with van der Waals surface area (Å²) in [5, 5.41) is 6.68. The van der Waals surface area contributed by atoms with Crippen molar-refractivity contribution < 1.29 is 82.0 Å². The Hall–Kier alpha value is -0.132. The Bertz CT molecular complexity index is 2140. The van der Waals surface area contributed by atoms with Gasteiger partial charge < -0.3 is 34.3 Å². The number of amidine groups is 1. The van der Waals surface area contributed by atoms with Crippen LogP contribution in [-0.2, 0) is 105 Å². The molecule has 4 aliphatic carbocycles. The number of aromatic nitrogens is 4. The molecule has 4 aliphatic rings. The van der Waals surface area contributed by atoms with Crippen LogP contribution in [0, 0.1) is 16.2 Å². The zero-order valence-electron chi connectivity index (χ0n) is 51.8. The SMILES string of the molecule is CC1(C)CCCCC1=O.CCOC(=O)CC(=N)N.CCOC(=O)Cc1ncc2c(n1)C(C)(C)CCC2.CCOC(=O)Cc1ncc2c(n1)C(C)(C)CCC2.CN(C)/C=C1\CCCC(C)(C)C1=O.COC(OC)N(C)C.I.II.I[I-]I.[W]. The van der Waals surface area contributed by atoms with Gasteiger partial charge >= 0.3 is 68.4 Å². The minimum absolute atomic E-state index is 0. The van der Waals surface area contributed by atoms with Crippen LogP contribution in [0.15, 0.2) is 24.2 Å². The molecule has 0 bridgehead atoms. The van der Waals surface area contributed by atoms with Crippen molar-refractivity contribution in [2.45, 2.75) is 196 Å². The minimum Gasteiger partial charge on any atom is 0 e. The van der Waals surface area contributed by atoms with E-state index in [4.69, 9.17) is 30.1 Å². The Morgan fingerprint density at radius 3 is 1.35 bits per heavy atom. The number of hydrogen-bond acceptors (Lipinski definition) is 17. The van der Waals surface area contributed by atoms with E-state index < -0.39 is 5.97 Å². The number of Topliss-reactive ketones (excluding diaryl/α,β-unsaturated/α-hetero) is 2. The number of esters is 3. The number of halogens is 6. The van der Waals surface area contributed by atoms with Crippen molar-refractivity contribution in [1.29, 1.82) is 5.41 Å². The number of nitrogens with one attached hydrogen (secondary N) is 1. The summed E-state index contributed by atoms with van der Waals surface area (Å²) in [6, 6.07) is 0. The van der Waals surface area contributed by atoms with Gasteiger partial charge in [0.2, 0.25) is 6.41 Å². The average Bonchev–Trinajstić information content (AvgIpc) is 3.45. The molecule has 0 amide bonds. The second-order valence-electron chi connectivity index (χ2n) is 22.3. The Labute approximate surface area is 577 Å². The molecule has 0 aliphatic heterocycles. The van der Waals surface area contributed by atoms with Gasteiger partial charge in [-0.15, -0.1) is 24.0 Å². The normalized spacial score (nSPS) is 16.7. The Balaban J connectivity index is -0.000000448. The van der Waals surface area contributed by atoms with E-state index in [0.717, 1.165) is 81.2 Å². The van der Waals surface area contributed by atoms with Crippen molar-refractivity contribution in [2.75, 3.05) is 62.2 Å². The van der Waals surface area contributed by atoms with Crippen LogP contribution in [0.5, 0.6) is 0 Å². The number of ether oxygens (including phenoxy) is 5. The number of carbonyl (C=O) groups is 5. The van der Waals surface area contributed by atoms with E-state index >= 15 is 0 Å². The molecule has 2 heterocycles. The third kappa shape index (κ3) is 37.0. The summed E-state index contributed by atoms with van der Waals surface area (Å²) in [5.74, 6) is 0.807. The first kappa shape index (κ1) is 88.3. The minimum atomic E-state index is -0.440. The molecule has 0 spiro atoms. The van der Waals surface area contributed by atoms with Gasteiger partial charge in [0.25, 0.3) is 0 Å². The summed E-state index contributed by atoms with van der Waals surface area (Å²) in [6.45, 7) is 23.4. The summed E-state index contributed by atoms with van der Waals surface area (Å²) >= 11 is 9.54. The maximum atomic E-state index is 11.9. The molecule has 3 N–H and O–H groups in total. The standard InChI is InChI=1S/2C14H20N2O2.C11H19NO.C8H14O.C5H10N2O2.C5H13NO2.I3.I2.HI.W/c2*1-4-18-12(17)8-11-15-9-10-6-5-7-14(2,3)13(10)16-11;1-11(2)7-5-6-9(10(11)13)8-12(3)4;1-8(2)6-4-3-5-7(8)9;1-2-9-5(8)3-4(6)7;1-6(2)5(7-3)8-4;1-3-2;1-2;;/h2*9H,4-8H2,1-3H3;8H,5-7H2,1-4H3;3-6H2,1-2H3;2-3H2,1H3,(H3,6,7);5H,1-4H3;;;1H;/q;;;;;;-1;;;/b;;9-8+;;;;;;;. The third-order valence-corrected chi connectivity index (χ3v) is 13.1. The fraction of sp³-hybridized carbons (Fsp3) is 0.719. The molecule has 0 aromatic carbocycles. The quantitative estimate of drug-likeness (QED) is 0.0361. The molecule has 6 rings (SSSR count). The smallest absolute Gasteiger partial charge is 0 e. The van der Waals surface area contributed by atoms with Gasteiger partial charge in [0, 0.05) is 139 Å². The van der Waals surface area contributed by atoms with Gasteiger partial charge in [0.15, 0.2) is 5.78 Å². The van der Waals surface area contributed by atoms with E-state index in [1.807, 2.05) is 70.4 Å². The van der Waals surface area contributed by atoms with Crippen molar-refractivity contribution in [3.05, 3.63) is 58.3 Å². The maximum Gasteiger partial charge on any atom is 0 e. The second-order valence-corrected chi connectivity index (χ2v) is 38.5. The average molecular weight is 2000 g/mol. The molecule has 474 valence electrons. The van der Waals surface area contributed by atoms with Crippen LogP contribution in [0.25, 0.3) is 0 Å². The van der Waals surface area contributed by atoms with Gasteiger partial charge in [-0.2, -0.15) is 0 Å². The number of methoxy groups -OCH3 is 2. The monoisotopic (exact) mass is 2000 g/mol. The Kier molecular flexibility index (Phi) is 51.5. The number of carbonyl (C=O) groups excluding carboxylic acids is 5. The van der Waals surface area contributed by atoms with Crippen LogP contribution in [0.3, 0.4) is 0 Å². The van der Waals surface area contributed by atoms with Gasteiger partial charge in [-0.05, 0) is 117 Å². The first-order chi connectivity index (χ1) is 37.4. The van der Waals surface area contributed by atoms with Gasteiger partial charge in [-0.1, -0.05) is 61.8 Å². The molecule has 0 saturated heterocycles. The topological polar surface area (TPSA) is 239 Å². The van der Waals surface area contributed by atoms with Crippen molar-refractivity contribution in [2.24, 2.45) is 16.6 Å². The molecule has 2 aromatic rings. The first-order valence-electron chi connectivity index (χ1n) is 27.1. The van der Waals surface area contributed by atoms with E-state index in [9.17, 15) is 24.0 Å². The van der Waals surface area contributed by atoms with Crippen LogP contribution < -0.4 is 19.0 Å². The molecule has 2 fully saturated rings. The molecular formula is C57H97I6N8O10W-. The number of nitrogens with two attached hydrogens (primary N) is 1. The number of allylic oxidation sites excluding steroid dienone is 1. The van der Waals surface area contributed by atoms with E-state index in [1.165, 1.54) is 30.4 Å². The van der Waals surface area contributed by atoms with Crippen molar-refractivity contribution in [3.8, 4) is 0 Å². The van der Waals surface area contributed by atoms with Crippen molar-refractivity contribution in [3.63, 3.8) is 0 Å². The maximum absolute atomic E-state index is 11.9. The van der Waals surface area contributed by atoms with E-state index in [0.29, 0.717) is 56.3 Å². The zero-order valence-corrected chi connectivity index (χ0v) is 67.8. The molecule has 0 atom stereocenters. The predicted octanol–water partition coefficient (Wildman–Crippen LogP) is 9.92. The molecular weight excluding hydrogens is 1900 g/mol. The van der Waals surface area contributed by atoms with Crippen molar-refractivity contribution in [1.82, 2.24) is 29.7 Å². The number of aryl methyl sites for hydroxylation is 2. The summed E-state index contributed by atoms with van der Waals surface area (Å²) in [7, 11) is 10.9. The van der Waals surface area contributed by atoms with Gasteiger partial charge in [0.1, 0.15) is 42.5 Å². The van der Waals surface area contributed by atoms with E-state index in [2.05, 4.69) is 141 Å². The van der Waals surface area contributed by atoms with Gasteiger partial charge in [-0.3, -0.25) is 34.3 Å². The number of hydrogen-bond donors (Lipinski definition) is 2. The number of fused-ring (bicyclic) bond motifs is 2. The number of nitrogens with zero attached hydrogens (tertiary/aromatic N) is 6. The van der Waals surface area contributed by atoms with Crippen LogP contribution in [0.4, 0.5) is 0 Å². The van der Waals surface area contributed by atoms with Crippen LogP contribution in [-0.4, -0.2) is 134 Å².